The molecule has 1 unspecified atom stereocenters. The maximum Gasteiger partial charge on any atom is 0.251 e. The van der Waals surface area contributed by atoms with Gasteiger partial charge in [-0.15, -0.1) is 0 Å². The number of rotatable bonds is 6. The van der Waals surface area contributed by atoms with Crippen molar-refractivity contribution in [3.05, 3.63) is 65.7 Å². The van der Waals surface area contributed by atoms with Crippen molar-refractivity contribution in [3.8, 4) is 11.8 Å². The van der Waals surface area contributed by atoms with Crippen molar-refractivity contribution in [2.45, 2.75) is 31.8 Å². The second kappa shape index (κ2) is 9.36. The minimum absolute atomic E-state index is 0.0175. The number of hydrogen-bond donors (Lipinski definition) is 1. The first-order valence-electron chi connectivity index (χ1n) is 9.36. The van der Waals surface area contributed by atoms with Gasteiger partial charge in [0.15, 0.2) is 0 Å². The summed E-state index contributed by atoms with van der Waals surface area (Å²) in [5, 5.41) is 12.3. The first kappa shape index (κ1) is 19.9. The van der Waals surface area contributed by atoms with Gasteiger partial charge in [0.2, 0.25) is 0 Å². The number of nitrogens with zero attached hydrogens (tertiary/aromatic N) is 2. The van der Waals surface area contributed by atoms with Crippen molar-refractivity contribution in [2.75, 3.05) is 20.1 Å². The van der Waals surface area contributed by atoms with Crippen LogP contribution in [0, 0.1) is 11.3 Å². The molecule has 0 aromatic heterocycles. The van der Waals surface area contributed by atoms with Crippen molar-refractivity contribution in [1.29, 1.82) is 5.26 Å². The number of nitrogens with one attached hydrogen (secondary N) is 1. The topological polar surface area (TPSA) is 74.6 Å². The Balaban J connectivity index is 1.58. The zero-order valence-electron chi connectivity index (χ0n) is 16.2. The van der Waals surface area contributed by atoms with E-state index in [0.29, 0.717) is 24.5 Å². The van der Waals surface area contributed by atoms with Crippen LogP contribution >= 0.6 is 0 Å². The van der Waals surface area contributed by atoms with Crippen LogP contribution in [0.25, 0.3) is 0 Å². The highest BCUT2D eigenvalue weighted by Crippen LogP contribution is 2.19. The molecule has 0 radical (unpaired) electrons. The molecule has 1 fully saturated rings. The Kier molecular flexibility index (Phi) is 6.64. The van der Waals surface area contributed by atoms with Gasteiger partial charge in [-0.05, 0) is 37.2 Å². The van der Waals surface area contributed by atoms with Gasteiger partial charge in [0.05, 0.1) is 12.2 Å². The predicted octanol–water partition coefficient (Wildman–Crippen LogP) is 2.67. The van der Waals surface area contributed by atoms with Crippen molar-refractivity contribution in [2.24, 2.45) is 0 Å². The predicted molar refractivity (Wildman–Crippen MR) is 106 cm³/mol. The highest BCUT2D eigenvalue weighted by atomic mass is 16.5. The lowest BCUT2D eigenvalue weighted by molar-refractivity contribution is -0.144. The lowest BCUT2D eigenvalue weighted by Gasteiger charge is -2.33. The van der Waals surface area contributed by atoms with Crippen molar-refractivity contribution >= 4 is 5.91 Å². The van der Waals surface area contributed by atoms with E-state index < -0.39 is 12.1 Å². The molecule has 0 aliphatic carbocycles. The fourth-order valence-corrected chi connectivity index (χ4v) is 3.23. The van der Waals surface area contributed by atoms with E-state index in [1.807, 2.05) is 56.4 Å². The second-order valence-corrected chi connectivity index (χ2v) is 7.07. The normalized spacial score (nSPS) is 20.8. The van der Waals surface area contributed by atoms with E-state index in [1.54, 1.807) is 12.1 Å². The van der Waals surface area contributed by atoms with Gasteiger partial charge in [-0.1, -0.05) is 42.5 Å². The van der Waals surface area contributed by atoms with Gasteiger partial charge in [-0.25, -0.2) is 0 Å². The second-order valence-electron chi connectivity index (χ2n) is 7.07. The van der Waals surface area contributed by atoms with E-state index >= 15 is 0 Å². The molecular weight excluding hydrogens is 354 g/mol. The van der Waals surface area contributed by atoms with Gasteiger partial charge >= 0.3 is 0 Å². The van der Waals surface area contributed by atoms with Crippen LogP contribution < -0.4 is 10.1 Å². The van der Waals surface area contributed by atoms with Crippen LogP contribution in [0.5, 0.6) is 5.75 Å². The molecule has 3 rings (SSSR count). The molecule has 1 N–H and O–H groups in total. The largest absolute Gasteiger partial charge is 0.489 e. The first-order valence-corrected chi connectivity index (χ1v) is 9.36. The number of hydrogen-bond acceptors (Lipinski definition) is 5. The molecule has 2 aromatic carbocycles. The molecule has 0 saturated carbocycles. The Hall–Kier alpha value is -2.88. The minimum Gasteiger partial charge on any atom is -0.489 e. The van der Waals surface area contributed by atoms with Crippen LogP contribution in [0.15, 0.2) is 54.6 Å². The molecule has 28 heavy (non-hydrogen) atoms. The van der Waals surface area contributed by atoms with E-state index in [4.69, 9.17) is 9.47 Å². The number of amides is 1. The third-order valence-electron chi connectivity index (χ3n) is 4.61. The molecule has 0 spiro atoms. The van der Waals surface area contributed by atoms with E-state index in [2.05, 4.69) is 16.3 Å². The Morgan fingerprint density at radius 1 is 1.25 bits per heavy atom. The highest BCUT2D eigenvalue weighted by molar-refractivity contribution is 5.82. The maximum atomic E-state index is 12.5. The molecule has 1 amide bonds. The molecular formula is C22H25N3O3. The number of carbonyl (C=O) groups is 1. The number of benzene rings is 2. The average molecular weight is 379 g/mol. The summed E-state index contributed by atoms with van der Waals surface area (Å²) in [7, 11) is 1.95. The standard InChI is InChI=1S/C22H25N3O3/c1-16-13-25(2)14-21(28-16)22(26)24-20(12-23)18-8-10-19(11-9-18)27-15-17-6-4-3-5-7-17/h3-11,16,20-21H,13-15H2,1-2H3,(H,24,26)/t16-,20?,21-/m1/s1. The molecule has 2 aromatic rings. The average Bonchev–Trinajstić information content (AvgIpc) is 2.71. The molecule has 0 bridgehead atoms. The van der Waals surface area contributed by atoms with Crippen LogP contribution in [0.4, 0.5) is 0 Å². The number of ether oxygens (including phenoxy) is 2. The highest BCUT2D eigenvalue weighted by Gasteiger charge is 2.30. The Bertz CT molecular complexity index is 807. The third kappa shape index (κ3) is 5.32. The molecule has 1 heterocycles. The summed E-state index contributed by atoms with van der Waals surface area (Å²) in [6.45, 7) is 3.71. The first-order chi connectivity index (χ1) is 13.5. The quantitative estimate of drug-likeness (QED) is 0.835. The van der Waals surface area contributed by atoms with Crippen LogP contribution in [0.3, 0.4) is 0 Å². The number of carbonyl (C=O) groups excluding carboxylic acids is 1. The van der Waals surface area contributed by atoms with Crippen LogP contribution in [0.2, 0.25) is 0 Å². The van der Waals surface area contributed by atoms with Crippen LogP contribution in [0.1, 0.15) is 24.1 Å². The summed E-state index contributed by atoms with van der Waals surface area (Å²) < 4.78 is 11.5. The summed E-state index contributed by atoms with van der Waals surface area (Å²) in [6, 6.07) is 18.5. The van der Waals surface area contributed by atoms with Gasteiger partial charge in [-0.3, -0.25) is 4.79 Å². The number of morpholine rings is 1. The van der Waals surface area contributed by atoms with Crippen molar-refractivity contribution in [3.63, 3.8) is 0 Å². The Labute approximate surface area is 165 Å². The smallest absolute Gasteiger partial charge is 0.251 e. The lowest BCUT2D eigenvalue weighted by Crippen LogP contribution is -2.51. The number of nitriles is 1. The number of likely N-dealkylation sites (N-methyl/N-ethyl adjacent to an activating group) is 1. The molecule has 3 atom stereocenters. The SMILES string of the molecule is C[C@@H]1CN(C)C[C@H](C(=O)NC(C#N)c2ccc(OCc3ccccc3)cc2)O1. The van der Waals surface area contributed by atoms with Crippen LogP contribution in [-0.2, 0) is 16.1 Å². The monoisotopic (exact) mass is 379 g/mol. The Morgan fingerprint density at radius 2 is 1.96 bits per heavy atom. The van der Waals surface area contributed by atoms with Gasteiger partial charge in [0, 0.05) is 13.1 Å². The molecule has 1 aliphatic rings. The van der Waals surface area contributed by atoms with Gasteiger partial charge in [-0.2, -0.15) is 5.26 Å². The summed E-state index contributed by atoms with van der Waals surface area (Å²) in [5.41, 5.74) is 1.79. The third-order valence-corrected chi connectivity index (χ3v) is 4.61. The van der Waals surface area contributed by atoms with E-state index in [9.17, 15) is 10.1 Å². The lowest BCUT2D eigenvalue weighted by atomic mass is 10.1. The fourth-order valence-electron chi connectivity index (χ4n) is 3.23. The zero-order valence-corrected chi connectivity index (χ0v) is 16.2. The summed E-state index contributed by atoms with van der Waals surface area (Å²) in [5.74, 6) is 0.441. The van der Waals surface area contributed by atoms with Gasteiger partial charge in [0.25, 0.3) is 5.91 Å². The van der Waals surface area contributed by atoms with Gasteiger partial charge < -0.3 is 19.7 Å². The maximum absolute atomic E-state index is 12.5. The molecule has 1 aliphatic heterocycles. The fraction of sp³-hybridized carbons (Fsp3) is 0.364. The van der Waals surface area contributed by atoms with Crippen molar-refractivity contribution < 1.29 is 14.3 Å². The van der Waals surface area contributed by atoms with Crippen LogP contribution in [-0.4, -0.2) is 43.2 Å². The van der Waals surface area contributed by atoms with Gasteiger partial charge in [0.1, 0.15) is 24.5 Å². The summed E-state index contributed by atoms with van der Waals surface area (Å²) in [6.07, 6.45) is -0.589. The molecule has 1 saturated heterocycles. The molecule has 6 heteroatoms. The minimum atomic E-state index is -0.734. The van der Waals surface area contributed by atoms with E-state index in [1.165, 1.54) is 0 Å². The summed E-state index contributed by atoms with van der Waals surface area (Å²) >= 11 is 0. The zero-order chi connectivity index (χ0) is 19.9. The van der Waals surface area contributed by atoms with E-state index in [0.717, 1.165) is 12.1 Å². The molecule has 146 valence electrons. The van der Waals surface area contributed by atoms with Crippen molar-refractivity contribution in [1.82, 2.24) is 10.2 Å². The summed E-state index contributed by atoms with van der Waals surface area (Å²) in [4.78, 5) is 14.6. The van der Waals surface area contributed by atoms with E-state index in [-0.39, 0.29) is 12.0 Å². The Morgan fingerprint density at radius 3 is 2.61 bits per heavy atom. The molecule has 6 nitrogen and oxygen atoms in total.